The second-order valence-electron chi connectivity index (χ2n) is 17.5. The van der Waals surface area contributed by atoms with E-state index in [9.17, 15) is 0 Å². The molecule has 0 amide bonds. The molecule has 6 nitrogen and oxygen atoms in total. The van der Waals surface area contributed by atoms with Crippen LogP contribution in [0.25, 0.3) is 133 Å². The lowest BCUT2D eigenvalue weighted by molar-refractivity contribution is 0.673. The molecule has 0 atom stereocenters. The number of para-hydroxylation sites is 4. The summed E-state index contributed by atoms with van der Waals surface area (Å²) in [6, 6.07) is 83.1. The molecule has 69 heavy (non-hydrogen) atoms. The summed E-state index contributed by atoms with van der Waals surface area (Å²) in [6.07, 6.45) is 0. The zero-order valence-electron chi connectivity index (χ0n) is 37.2. The largest absolute Gasteiger partial charge is 0.452 e. The molecule has 14 aromatic rings. The standard InChI is InChI=1S/C63H39N5O/c1-4-19-40(20-5-1)43-25-18-26-44(39-43)62-64-61(42-23-8-3-9-24-42)65-63(66-62)52-30-13-17-34-56(52)68-55-33-16-12-29-47(55)49-36-38-51-50-37-35-48-46-28-11-15-32-54(46)67(57(48)59(50)69-60(51)58(49)68)53-31-14-10-27-45(53)41-21-6-2-7-22-41/h1-39H. The molecule has 0 aliphatic rings. The molecule has 6 heteroatoms. The minimum absolute atomic E-state index is 0.575. The molecule has 322 valence electrons. The van der Waals surface area contributed by atoms with Gasteiger partial charge >= 0.3 is 0 Å². The molecular weight excluding hydrogens is 843 g/mol. The molecule has 0 bridgehead atoms. The molecule has 4 heterocycles. The summed E-state index contributed by atoms with van der Waals surface area (Å²) in [5.41, 5.74) is 15.1. The van der Waals surface area contributed by atoms with Crippen LogP contribution in [0.2, 0.25) is 0 Å². The van der Waals surface area contributed by atoms with E-state index in [0.717, 1.165) is 110 Å². The second kappa shape index (κ2) is 15.6. The molecule has 10 aromatic carbocycles. The quantitative estimate of drug-likeness (QED) is 0.160. The van der Waals surface area contributed by atoms with Crippen molar-refractivity contribution in [2.75, 3.05) is 0 Å². The van der Waals surface area contributed by atoms with Crippen LogP contribution in [-0.4, -0.2) is 24.1 Å². The molecule has 0 fully saturated rings. The van der Waals surface area contributed by atoms with Crippen molar-refractivity contribution in [3.05, 3.63) is 237 Å². The monoisotopic (exact) mass is 881 g/mol. The normalized spacial score (nSPS) is 11.8. The molecule has 0 saturated heterocycles. The third-order valence-corrected chi connectivity index (χ3v) is 13.6. The van der Waals surface area contributed by atoms with Crippen molar-refractivity contribution in [1.82, 2.24) is 24.1 Å². The van der Waals surface area contributed by atoms with Crippen LogP contribution in [0, 0.1) is 0 Å². The Morgan fingerprint density at radius 1 is 0.275 bits per heavy atom. The van der Waals surface area contributed by atoms with Crippen LogP contribution in [0.3, 0.4) is 0 Å². The van der Waals surface area contributed by atoms with E-state index in [2.05, 4.69) is 221 Å². The van der Waals surface area contributed by atoms with Crippen molar-refractivity contribution in [2.45, 2.75) is 0 Å². The van der Waals surface area contributed by atoms with Gasteiger partial charge in [-0.2, -0.15) is 0 Å². The average molecular weight is 882 g/mol. The number of furan rings is 1. The summed E-state index contributed by atoms with van der Waals surface area (Å²) >= 11 is 0. The SMILES string of the molecule is c1ccc(-c2cccc(-c3nc(-c4ccccc4)nc(-c4ccccc4-n4c5ccccc5c5ccc6c7ccc8c9ccccc9n(-c9ccccc9-c9ccccc9)c8c7oc6c54)n3)c2)cc1. The fraction of sp³-hybridized carbons (Fsp3) is 0. The van der Waals surface area contributed by atoms with Crippen LogP contribution in [0.1, 0.15) is 0 Å². The van der Waals surface area contributed by atoms with E-state index in [1.165, 1.54) is 5.39 Å². The summed E-state index contributed by atoms with van der Waals surface area (Å²) in [7, 11) is 0. The summed E-state index contributed by atoms with van der Waals surface area (Å²) in [5.74, 6) is 1.78. The van der Waals surface area contributed by atoms with E-state index in [1.54, 1.807) is 0 Å². The lowest BCUT2D eigenvalue weighted by Crippen LogP contribution is -2.03. The van der Waals surface area contributed by atoms with Crippen LogP contribution >= 0.6 is 0 Å². The molecule has 0 aliphatic carbocycles. The van der Waals surface area contributed by atoms with Crippen molar-refractivity contribution in [2.24, 2.45) is 0 Å². The fourth-order valence-electron chi connectivity index (χ4n) is 10.5. The Labute approximate surface area is 396 Å². The van der Waals surface area contributed by atoms with Crippen LogP contribution in [0.15, 0.2) is 241 Å². The first-order chi connectivity index (χ1) is 34.2. The fourth-order valence-corrected chi connectivity index (χ4v) is 10.5. The van der Waals surface area contributed by atoms with E-state index in [4.69, 9.17) is 19.4 Å². The molecule has 0 N–H and O–H groups in total. The smallest absolute Gasteiger partial charge is 0.166 e. The van der Waals surface area contributed by atoms with Gasteiger partial charge in [-0.05, 0) is 65.2 Å². The topological polar surface area (TPSA) is 61.7 Å². The first kappa shape index (κ1) is 38.8. The molecule has 0 spiro atoms. The van der Waals surface area contributed by atoms with Gasteiger partial charge in [0.1, 0.15) is 0 Å². The highest BCUT2D eigenvalue weighted by atomic mass is 16.3. The van der Waals surface area contributed by atoms with Gasteiger partial charge < -0.3 is 13.6 Å². The highest BCUT2D eigenvalue weighted by molar-refractivity contribution is 6.26. The Bertz CT molecular complexity index is 4300. The maximum Gasteiger partial charge on any atom is 0.166 e. The Balaban J connectivity index is 1.04. The number of hydrogen-bond donors (Lipinski definition) is 0. The summed E-state index contributed by atoms with van der Waals surface area (Å²) in [6.45, 7) is 0. The molecule has 0 aliphatic heterocycles. The Kier molecular flexibility index (Phi) is 8.79. The highest BCUT2D eigenvalue weighted by Gasteiger charge is 2.25. The zero-order chi connectivity index (χ0) is 45.4. The maximum absolute atomic E-state index is 7.47. The molecule has 0 radical (unpaired) electrons. The van der Waals surface area contributed by atoms with Gasteiger partial charge in [0.2, 0.25) is 0 Å². The van der Waals surface area contributed by atoms with E-state index in [0.29, 0.717) is 17.5 Å². The predicted octanol–water partition coefficient (Wildman–Crippen LogP) is 16.3. The van der Waals surface area contributed by atoms with Gasteiger partial charge in [0.25, 0.3) is 0 Å². The number of fused-ring (bicyclic) bond motifs is 11. The van der Waals surface area contributed by atoms with Gasteiger partial charge in [0, 0.05) is 54.6 Å². The molecular formula is C63H39N5O. The first-order valence-electron chi connectivity index (χ1n) is 23.3. The Hall–Kier alpha value is -9.39. The number of benzene rings is 10. The molecule has 4 aromatic heterocycles. The van der Waals surface area contributed by atoms with E-state index >= 15 is 0 Å². The van der Waals surface area contributed by atoms with Crippen molar-refractivity contribution < 1.29 is 4.42 Å². The zero-order valence-corrected chi connectivity index (χ0v) is 37.2. The van der Waals surface area contributed by atoms with Gasteiger partial charge in [-0.3, -0.25) is 0 Å². The number of hydrogen-bond acceptors (Lipinski definition) is 4. The summed E-state index contributed by atoms with van der Waals surface area (Å²) in [4.78, 5) is 15.7. The first-order valence-corrected chi connectivity index (χ1v) is 23.3. The van der Waals surface area contributed by atoms with Gasteiger partial charge in [-0.15, -0.1) is 0 Å². The lowest BCUT2D eigenvalue weighted by Gasteiger charge is -2.15. The van der Waals surface area contributed by atoms with Crippen LogP contribution < -0.4 is 0 Å². The highest BCUT2D eigenvalue weighted by Crippen LogP contribution is 2.46. The average Bonchev–Trinajstić information content (AvgIpc) is 4.10. The summed E-state index contributed by atoms with van der Waals surface area (Å²) in [5, 5.41) is 6.62. The Morgan fingerprint density at radius 2 is 0.696 bits per heavy atom. The number of aromatic nitrogens is 5. The van der Waals surface area contributed by atoms with Crippen molar-refractivity contribution in [3.8, 4) is 67.8 Å². The lowest BCUT2D eigenvalue weighted by atomic mass is 10.0. The van der Waals surface area contributed by atoms with Gasteiger partial charge in [-0.1, -0.05) is 188 Å². The van der Waals surface area contributed by atoms with Crippen molar-refractivity contribution >= 4 is 65.6 Å². The second-order valence-corrected chi connectivity index (χ2v) is 17.5. The maximum atomic E-state index is 7.47. The van der Waals surface area contributed by atoms with E-state index in [1.807, 2.05) is 24.3 Å². The van der Waals surface area contributed by atoms with Crippen molar-refractivity contribution in [1.29, 1.82) is 0 Å². The molecule has 0 unspecified atom stereocenters. The van der Waals surface area contributed by atoms with Gasteiger partial charge in [0.05, 0.1) is 33.4 Å². The van der Waals surface area contributed by atoms with Crippen molar-refractivity contribution in [3.63, 3.8) is 0 Å². The Morgan fingerprint density at radius 3 is 1.30 bits per heavy atom. The van der Waals surface area contributed by atoms with Crippen LogP contribution in [0.4, 0.5) is 0 Å². The molecule has 0 saturated carbocycles. The summed E-state index contributed by atoms with van der Waals surface area (Å²) < 4.78 is 12.2. The van der Waals surface area contributed by atoms with E-state index in [-0.39, 0.29) is 0 Å². The van der Waals surface area contributed by atoms with Crippen LogP contribution in [0.5, 0.6) is 0 Å². The minimum atomic E-state index is 0.575. The number of rotatable bonds is 7. The van der Waals surface area contributed by atoms with Gasteiger partial charge in [0.15, 0.2) is 28.6 Å². The minimum Gasteiger partial charge on any atom is -0.452 e. The third kappa shape index (κ3) is 6.16. The van der Waals surface area contributed by atoms with Crippen LogP contribution in [-0.2, 0) is 0 Å². The molecule has 14 rings (SSSR count). The predicted molar refractivity (Wildman–Crippen MR) is 283 cm³/mol. The third-order valence-electron chi connectivity index (χ3n) is 13.6. The number of nitrogens with zero attached hydrogens (tertiary/aromatic N) is 5. The van der Waals surface area contributed by atoms with Gasteiger partial charge in [-0.25, -0.2) is 15.0 Å². The van der Waals surface area contributed by atoms with E-state index < -0.39 is 0 Å².